The summed E-state index contributed by atoms with van der Waals surface area (Å²) in [4.78, 5) is 37.9. The van der Waals surface area contributed by atoms with Gasteiger partial charge in [0.2, 0.25) is 0 Å². The van der Waals surface area contributed by atoms with Crippen LogP contribution in [0.5, 0.6) is 0 Å². The first-order valence-electron chi connectivity index (χ1n) is 13.8. The van der Waals surface area contributed by atoms with Crippen molar-refractivity contribution in [3.63, 3.8) is 0 Å². The second-order valence-corrected chi connectivity index (χ2v) is 14.8. The van der Waals surface area contributed by atoms with E-state index in [1.807, 2.05) is 19.9 Å². The molecule has 5 rings (SSSR count). The Morgan fingerprint density at radius 1 is 0.971 bits per heavy atom. The molecule has 3 fully saturated rings. The van der Waals surface area contributed by atoms with Crippen LogP contribution in [-0.2, 0) is 14.4 Å². The van der Waals surface area contributed by atoms with E-state index in [9.17, 15) is 19.5 Å². The molecule has 4 nitrogen and oxygen atoms in total. The fraction of sp³-hybridized carbons (Fsp3) is 0.774. The van der Waals surface area contributed by atoms with Crippen LogP contribution in [0.15, 0.2) is 23.3 Å². The van der Waals surface area contributed by atoms with Crippen molar-refractivity contribution in [3.05, 3.63) is 23.3 Å². The number of carboxylic acid groups (broad SMARTS) is 1. The van der Waals surface area contributed by atoms with Crippen LogP contribution in [0, 0.1) is 50.2 Å². The van der Waals surface area contributed by atoms with Crippen molar-refractivity contribution in [2.75, 3.05) is 0 Å². The SMILES string of the molecule is CC1(C)CC[C@]2(C(=O)O)CC[C@]3(C)C(=CC[C@@H]4[C@@]5(C)C=C(C=O)C(=O)C(C)(C)[C@@H]5CC[C@]43C)C2C1. The molecule has 192 valence electrons. The number of fused-ring (bicyclic) bond motifs is 7. The van der Waals surface area contributed by atoms with Crippen molar-refractivity contribution in [2.45, 2.75) is 99.8 Å². The second-order valence-electron chi connectivity index (χ2n) is 14.8. The third-order valence-electron chi connectivity index (χ3n) is 12.6. The molecular formula is C31H44O4. The molecule has 0 heterocycles. The average Bonchev–Trinajstić information content (AvgIpc) is 2.76. The highest BCUT2D eigenvalue weighted by molar-refractivity contribution is 6.15. The van der Waals surface area contributed by atoms with Crippen LogP contribution >= 0.6 is 0 Å². The Bertz CT molecular complexity index is 1060. The molecule has 0 aliphatic heterocycles. The van der Waals surface area contributed by atoms with Gasteiger partial charge in [-0.15, -0.1) is 0 Å². The smallest absolute Gasteiger partial charge is 0.310 e. The Morgan fingerprint density at radius 3 is 2.26 bits per heavy atom. The Hall–Kier alpha value is -1.71. The number of ketones is 1. The minimum atomic E-state index is -0.630. The lowest BCUT2D eigenvalue weighted by Gasteiger charge is -2.69. The van der Waals surface area contributed by atoms with E-state index in [-0.39, 0.29) is 39.3 Å². The van der Waals surface area contributed by atoms with Crippen molar-refractivity contribution in [3.8, 4) is 0 Å². The van der Waals surface area contributed by atoms with Crippen molar-refractivity contribution in [1.29, 1.82) is 0 Å². The number of hydrogen-bond acceptors (Lipinski definition) is 3. The summed E-state index contributed by atoms with van der Waals surface area (Å²) in [6, 6.07) is 0. The summed E-state index contributed by atoms with van der Waals surface area (Å²) in [6.45, 7) is 15.9. The summed E-state index contributed by atoms with van der Waals surface area (Å²) in [6.07, 6.45) is 12.5. The summed E-state index contributed by atoms with van der Waals surface area (Å²) in [5.41, 5.74) is 0.417. The molecular weight excluding hydrogens is 436 g/mol. The van der Waals surface area contributed by atoms with Gasteiger partial charge >= 0.3 is 5.97 Å². The molecule has 0 spiro atoms. The Morgan fingerprint density at radius 2 is 1.63 bits per heavy atom. The monoisotopic (exact) mass is 480 g/mol. The molecule has 1 N–H and O–H groups in total. The number of hydrogen-bond donors (Lipinski definition) is 1. The lowest BCUT2D eigenvalue weighted by Crippen LogP contribution is -2.64. The molecule has 3 saturated carbocycles. The van der Waals surface area contributed by atoms with E-state index < -0.39 is 16.8 Å². The highest BCUT2D eigenvalue weighted by Crippen LogP contribution is 2.75. The highest BCUT2D eigenvalue weighted by Gasteiger charge is 2.69. The zero-order valence-electron chi connectivity index (χ0n) is 22.8. The number of carboxylic acids is 1. The van der Waals surface area contributed by atoms with E-state index in [2.05, 4.69) is 40.7 Å². The van der Waals surface area contributed by atoms with Crippen LogP contribution in [0.25, 0.3) is 0 Å². The summed E-state index contributed by atoms with van der Waals surface area (Å²) in [5, 5.41) is 10.5. The van der Waals surface area contributed by atoms with Gasteiger partial charge in [-0.05, 0) is 90.8 Å². The lowest BCUT2D eigenvalue weighted by molar-refractivity contribution is -0.174. The lowest BCUT2D eigenvalue weighted by atomic mass is 9.34. The first-order valence-corrected chi connectivity index (χ1v) is 13.8. The molecule has 0 aromatic carbocycles. The second kappa shape index (κ2) is 7.19. The largest absolute Gasteiger partial charge is 0.481 e. The quantitative estimate of drug-likeness (QED) is 0.268. The van der Waals surface area contributed by atoms with Gasteiger partial charge in [-0.3, -0.25) is 14.4 Å². The molecule has 0 aromatic heterocycles. The minimum Gasteiger partial charge on any atom is -0.481 e. The van der Waals surface area contributed by atoms with Crippen LogP contribution in [0.2, 0.25) is 0 Å². The van der Waals surface area contributed by atoms with Crippen LogP contribution in [0.4, 0.5) is 0 Å². The zero-order chi connectivity index (χ0) is 25.8. The zero-order valence-corrected chi connectivity index (χ0v) is 22.8. The summed E-state index contributed by atoms with van der Waals surface area (Å²) in [7, 11) is 0. The maximum atomic E-state index is 13.2. The predicted molar refractivity (Wildman–Crippen MR) is 137 cm³/mol. The Balaban J connectivity index is 1.65. The summed E-state index contributed by atoms with van der Waals surface area (Å²) >= 11 is 0. The first-order chi connectivity index (χ1) is 16.1. The fourth-order valence-electron chi connectivity index (χ4n) is 10.3. The fourth-order valence-corrected chi connectivity index (χ4v) is 10.3. The van der Waals surface area contributed by atoms with E-state index in [4.69, 9.17) is 0 Å². The third kappa shape index (κ3) is 2.95. The number of aldehydes is 1. The van der Waals surface area contributed by atoms with Gasteiger partial charge in [0.25, 0.3) is 0 Å². The number of allylic oxidation sites excluding steroid dienone is 4. The number of rotatable bonds is 2. The Labute approximate surface area is 211 Å². The Kier molecular flexibility index (Phi) is 5.13. The number of carbonyl (C=O) groups excluding carboxylic acids is 2. The maximum Gasteiger partial charge on any atom is 0.310 e. The minimum absolute atomic E-state index is 0.00442. The van der Waals surface area contributed by atoms with Crippen LogP contribution in [0.1, 0.15) is 99.8 Å². The van der Waals surface area contributed by atoms with E-state index >= 15 is 0 Å². The van der Waals surface area contributed by atoms with E-state index in [0.717, 1.165) is 57.7 Å². The van der Waals surface area contributed by atoms with Gasteiger partial charge < -0.3 is 5.11 Å². The van der Waals surface area contributed by atoms with Crippen molar-refractivity contribution < 1.29 is 19.5 Å². The van der Waals surface area contributed by atoms with E-state index in [0.29, 0.717) is 11.5 Å². The van der Waals surface area contributed by atoms with E-state index in [1.54, 1.807) is 0 Å². The molecule has 5 aliphatic rings. The van der Waals surface area contributed by atoms with Gasteiger partial charge in [-0.1, -0.05) is 66.2 Å². The summed E-state index contributed by atoms with van der Waals surface area (Å²) in [5.74, 6) is 0.00771. The molecule has 1 unspecified atom stereocenters. The van der Waals surface area contributed by atoms with Crippen molar-refractivity contribution in [1.82, 2.24) is 0 Å². The van der Waals surface area contributed by atoms with Crippen LogP contribution in [0.3, 0.4) is 0 Å². The predicted octanol–water partition coefficient (Wildman–Crippen LogP) is 6.79. The molecule has 0 saturated heterocycles. The normalized spacial score (nSPS) is 47.7. The molecule has 0 bridgehead atoms. The molecule has 7 atom stereocenters. The molecule has 0 amide bonds. The van der Waals surface area contributed by atoms with Crippen LogP contribution in [-0.4, -0.2) is 23.1 Å². The number of Topliss-reactive ketones (excluding diaryl/α,β-unsaturated/α-hetero) is 1. The summed E-state index contributed by atoms with van der Waals surface area (Å²) < 4.78 is 0. The van der Waals surface area contributed by atoms with Crippen molar-refractivity contribution in [2.24, 2.45) is 50.2 Å². The molecule has 0 aromatic rings. The van der Waals surface area contributed by atoms with E-state index in [1.165, 1.54) is 5.57 Å². The van der Waals surface area contributed by atoms with Gasteiger partial charge in [0.05, 0.1) is 11.0 Å². The number of aliphatic carboxylic acids is 1. The van der Waals surface area contributed by atoms with Gasteiger partial charge in [0.15, 0.2) is 12.1 Å². The molecule has 4 heteroatoms. The maximum absolute atomic E-state index is 13.2. The van der Waals surface area contributed by atoms with Crippen molar-refractivity contribution >= 4 is 18.0 Å². The standard InChI is InChI=1S/C31H44O4/c1-26(2)12-14-31(25(34)35)15-13-29(6)20(21(31)17-26)8-9-23-28(5)16-19(18-32)24(33)27(3,4)22(28)10-11-30(23,29)7/h8,16,18,21-23H,9-15,17H2,1-7H3,(H,34,35)/t21?,22-,23+,28-,29+,30+,31-/m0/s1. The average molecular weight is 481 g/mol. The van der Waals surface area contributed by atoms with Gasteiger partial charge in [-0.25, -0.2) is 0 Å². The highest BCUT2D eigenvalue weighted by atomic mass is 16.4. The molecule has 5 aliphatic carbocycles. The van der Waals surface area contributed by atoms with Gasteiger partial charge in [0, 0.05) is 5.41 Å². The first kappa shape index (κ1) is 25.0. The molecule has 0 radical (unpaired) electrons. The van der Waals surface area contributed by atoms with Crippen LogP contribution < -0.4 is 0 Å². The van der Waals surface area contributed by atoms with Gasteiger partial charge in [-0.2, -0.15) is 0 Å². The topological polar surface area (TPSA) is 71.4 Å². The third-order valence-corrected chi connectivity index (χ3v) is 12.6. The van der Waals surface area contributed by atoms with Gasteiger partial charge in [0.1, 0.15) is 0 Å². The molecule has 35 heavy (non-hydrogen) atoms. The number of carbonyl (C=O) groups is 3.